The minimum atomic E-state index is 0.000000000000000444. The van der Waals surface area contributed by atoms with Crippen LogP contribution in [0.3, 0.4) is 0 Å². The predicted octanol–water partition coefficient (Wildman–Crippen LogP) is 4.63. The number of nitrogens with zero attached hydrogens (tertiary/aromatic N) is 6. The monoisotopic (exact) mass is 467 g/mol. The van der Waals surface area contributed by atoms with Crippen LogP contribution in [0.1, 0.15) is 5.56 Å². The summed E-state index contributed by atoms with van der Waals surface area (Å²) in [6.07, 6.45) is 0. The molecule has 3 rings (SSSR count). The lowest BCUT2D eigenvalue weighted by molar-refractivity contribution is 0.410. The highest BCUT2D eigenvalue weighted by atomic mass is 35.5. The third kappa shape index (κ3) is 7.43. The van der Waals surface area contributed by atoms with E-state index in [2.05, 4.69) is 35.2 Å². The normalized spacial score (nSPS) is 10.0. The maximum absolute atomic E-state index is 5.68. The molecule has 13 heteroatoms. The molecule has 1 N–H and O–H groups in total. The Morgan fingerprint density at radius 3 is 1.67 bits per heavy atom. The highest BCUT2D eigenvalue weighted by molar-refractivity contribution is 6.33. The number of nitrogens with one attached hydrogen (secondary N) is 1. The van der Waals surface area contributed by atoms with Crippen molar-refractivity contribution in [1.29, 1.82) is 0 Å². The summed E-state index contributed by atoms with van der Waals surface area (Å²) in [5.41, 5.74) is 0.979. The van der Waals surface area contributed by atoms with Crippen molar-refractivity contribution in [2.45, 2.75) is 6.54 Å². The highest BCUT2D eigenvalue weighted by Gasteiger charge is 2.05. The van der Waals surface area contributed by atoms with E-state index in [1.165, 1.54) is 0 Å². The van der Waals surface area contributed by atoms with Gasteiger partial charge in [0.15, 0.2) is 0 Å². The van der Waals surface area contributed by atoms with Gasteiger partial charge in [-0.1, -0.05) is 18.2 Å². The maximum atomic E-state index is 5.68. The van der Waals surface area contributed by atoms with E-state index in [4.69, 9.17) is 62.7 Å². The summed E-state index contributed by atoms with van der Waals surface area (Å²) >= 11 is 27.3. The molecule has 0 aliphatic heterocycles. The maximum Gasteiger partial charge on any atom is 0.228 e. The summed E-state index contributed by atoms with van der Waals surface area (Å²) in [7, 11) is 1.62. The number of hydrogen-bond donors (Lipinski definition) is 1. The van der Waals surface area contributed by atoms with Gasteiger partial charge in [0.05, 0.1) is 7.11 Å². The second-order valence-electron chi connectivity index (χ2n) is 4.50. The Hall–Kier alpha value is -1.71. The first-order chi connectivity index (χ1) is 12.9. The highest BCUT2D eigenvalue weighted by Crippen LogP contribution is 2.18. The fourth-order valence-electron chi connectivity index (χ4n) is 1.73. The van der Waals surface area contributed by atoms with Crippen molar-refractivity contribution in [3.05, 3.63) is 56.2 Å². The lowest BCUT2D eigenvalue weighted by Gasteiger charge is -2.09. The number of halogens is 5. The third-order valence-corrected chi connectivity index (χ3v) is 3.61. The number of para-hydroxylation sites is 1. The van der Waals surface area contributed by atoms with Gasteiger partial charge in [-0.2, -0.15) is 29.9 Å². The van der Waals surface area contributed by atoms with Crippen LogP contribution in [0.15, 0.2) is 24.3 Å². The minimum absolute atomic E-state index is 0.000000000000000444. The summed E-state index contributed by atoms with van der Waals surface area (Å²) in [5.74, 6) is 1.11. The average Bonchev–Trinajstić information content (AvgIpc) is 2.58. The molecule has 0 bridgehead atoms. The Kier molecular flexibility index (Phi) is 8.46. The summed E-state index contributed by atoms with van der Waals surface area (Å²) < 4.78 is 5.24. The molecular formula is C14H10Cl5N7O. The standard InChI is InChI=1S/C11H10Cl2N4O.C3Cl3N3/c1-18-8-5-3-2-4-7(8)6-14-11-16-9(12)15-10(13)17-11;4-1-7-2(5)9-3(6)8-1/h2-5H,6H2,1H3,(H,14,15,16,17);. The van der Waals surface area contributed by atoms with Crippen molar-refractivity contribution in [3.63, 3.8) is 0 Å². The lowest BCUT2D eigenvalue weighted by Crippen LogP contribution is -2.06. The Morgan fingerprint density at radius 2 is 1.19 bits per heavy atom. The first-order valence-corrected chi connectivity index (χ1v) is 8.91. The summed E-state index contributed by atoms with van der Waals surface area (Å²) in [5, 5.41) is 3.11. The summed E-state index contributed by atoms with van der Waals surface area (Å²) in [6, 6.07) is 7.65. The van der Waals surface area contributed by atoms with Crippen molar-refractivity contribution < 1.29 is 4.74 Å². The second-order valence-corrected chi connectivity index (χ2v) is 6.20. The zero-order chi connectivity index (χ0) is 19.8. The smallest absolute Gasteiger partial charge is 0.228 e. The minimum Gasteiger partial charge on any atom is -0.496 e. The zero-order valence-corrected chi connectivity index (χ0v) is 17.3. The van der Waals surface area contributed by atoms with Crippen molar-refractivity contribution in [2.24, 2.45) is 0 Å². The van der Waals surface area contributed by atoms with E-state index in [-0.39, 0.29) is 26.4 Å². The number of methoxy groups -OCH3 is 1. The quantitative estimate of drug-likeness (QED) is 0.591. The molecule has 0 saturated heterocycles. The number of ether oxygens (including phenoxy) is 1. The topological polar surface area (TPSA) is 98.6 Å². The molecule has 0 fully saturated rings. The van der Waals surface area contributed by atoms with E-state index in [1.807, 2.05) is 24.3 Å². The molecule has 1 aromatic carbocycles. The second kappa shape index (κ2) is 10.6. The third-order valence-electron chi connectivity index (χ3n) is 2.76. The van der Waals surface area contributed by atoms with Gasteiger partial charge in [0, 0.05) is 12.1 Å². The first-order valence-electron chi connectivity index (χ1n) is 7.03. The number of hydrogen-bond acceptors (Lipinski definition) is 8. The van der Waals surface area contributed by atoms with Crippen LogP contribution in [0, 0.1) is 0 Å². The van der Waals surface area contributed by atoms with Gasteiger partial charge >= 0.3 is 0 Å². The number of anilines is 1. The fraction of sp³-hybridized carbons (Fsp3) is 0.143. The molecule has 0 aliphatic carbocycles. The Morgan fingerprint density at radius 1 is 0.741 bits per heavy atom. The van der Waals surface area contributed by atoms with Gasteiger partial charge in [-0.15, -0.1) is 0 Å². The first kappa shape index (κ1) is 21.6. The van der Waals surface area contributed by atoms with Crippen LogP contribution >= 0.6 is 58.0 Å². The van der Waals surface area contributed by atoms with Crippen LogP contribution in [0.2, 0.25) is 26.4 Å². The van der Waals surface area contributed by atoms with E-state index < -0.39 is 0 Å². The molecular weight excluding hydrogens is 459 g/mol. The van der Waals surface area contributed by atoms with Gasteiger partial charge < -0.3 is 10.1 Å². The Bertz CT molecular complexity index is 844. The van der Waals surface area contributed by atoms with Gasteiger partial charge in [0.2, 0.25) is 32.4 Å². The molecule has 8 nitrogen and oxygen atoms in total. The average molecular weight is 470 g/mol. The lowest BCUT2D eigenvalue weighted by atomic mass is 10.2. The summed E-state index contributed by atoms with van der Waals surface area (Å²) in [6.45, 7) is 0.501. The molecule has 0 saturated carbocycles. The number of benzene rings is 1. The van der Waals surface area contributed by atoms with Gasteiger partial charge in [-0.25, -0.2) is 0 Å². The van der Waals surface area contributed by atoms with Gasteiger partial charge in [-0.05, 0) is 64.1 Å². The molecule has 0 aliphatic rings. The molecule has 2 aromatic heterocycles. The van der Waals surface area contributed by atoms with E-state index in [0.29, 0.717) is 12.5 Å². The molecule has 0 atom stereocenters. The van der Waals surface area contributed by atoms with Crippen LogP contribution in [0.5, 0.6) is 5.75 Å². The Labute approximate surface area is 179 Å². The molecule has 0 amide bonds. The van der Waals surface area contributed by atoms with Crippen LogP contribution in [-0.2, 0) is 6.54 Å². The van der Waals surface area contributed by atoms with E-state index in [1.54, 1.807) is 7.11 Å². The SMILES string of the molecule is COc1ccccc1CNc1nc(Cl)nc(Cl)n1.Clc1nc(Cl)nc(Cl)n1. The number of aromatic nitrogens is 6. The van der Waals surface area contributed by atoms with Gasteiger partial charge in [0.1, 0.15) is 5.75 Å². The molecule has 27 heavy (non-hydrogen) atoms. The van der Waals surface area contributed by atoms with Crippen LogP contribution in [0.4, 0.5) is 5.95 Å². The zero-order valence-electron chi connectivity index (χ0n) is 13.5. The van der Waals surface area contributed by atoms with Gasteiger partial charge in [-0.3, -0.25) is 0 Å². The largest absolute Gasteiger partial charge is 0.496 e. The molecule has 142 valence electrons. The summed E-state index contributed by atoms with van der Waals surface area (Å²) in [4.78, 5) is 21.9. The van der Waals surface area contributed by atoms with Crippen molar-refractivity contribution in [2.75, 3.05) is 12.4 Å². The van der Waals surface area contributed by atoms with Gasteiger partial charge in [0.25, 0.3) is 0 Å². The molecule has 0 unspecified atom stereocenters. The van der Waals surface area contributed by atoms with E-state index in [0.717, 1.165) is 11.3 Å². The predicted molar refractivity (Wildman–Crippen MR) is 105 cm³/mol. The van der Waals surface area contributed by atoms with Crippen LogP contribution in [0.25, 0.3) is 0 Å². The molecule has 0 spiro atoms. The fourth-order valence-corrected chi connectivity index (χ4v) is 2.71. The molecule has 2 heterocycles. The van der Waals surface area contributed by atoms with Crippen LogP contribution in [-0.4, -0.2) is 37.0 Å². The van der Waals surface area contributed by atoms with Crippen molar-refractivity contribution in [1.82, 2.24) is 29.9 Å². The number of rotatable bonds is 4. The van der Waals surface area contributed by atoms with E-state index in [9.17, 15) is 0 Å². The van der Waals surface area contributed by atoms with Crippen molar-refractivity contribution in [3.8, 4) is 5.75 Å². The Balaban J connectivity index is 0.000000244. The molecule has 0 radical (unpaired) electrons. The van der Waals surface area contributed by atoms with Crippen molar-refractivity contribution >= 4 is 64.0 Å². The molecule has 3 aromatic rings. The van der Waals surface area contributed by atoms with Crippen LogP contribution < -0.4 is 10.1 Å². The van der Waals surface area contributed by atoms with E-state index >= 15 is 0 Å².